The zero-order valence-corrected chi connectivity index (χ0v) is 31.1. The van der Waals surface area contributed by atoms with Crippen LogP contribution in [0.3, 0.4) is 0 Å². The highest BCUT2D eigenvalue weighted by atomic mass is 32.1. The number of nitrogens with zero attached hydrogens (tertiary/aromatic N) is 4. The molecule has 14 heteroatoms. The van der Waals surface area contributed by atoms with Crippen LogP contribution in [0, 0.1) is 0 Å². The Morgan fingerprint density at radius 2 is 1.13 bits per heavy atom. The van der Waals surface area contributed by atoms with E-state index in [4.69, 9.17) is 10.5 Å². The summed E-state index contributed by atoms with van der Waals surface area (Å²) in [5, 5.41) is 13.4. The van der Waals surface area contributed by atoms with Crippen molar-refractivity contribution >= 4 is 52.2 Å². The van der Waals surface area contributed by atoms with E-state index in [2.05, 4.69) is 35.9 Å². The number of nitrogens with one attached hydrogen (secondary N) is 3. The van der Waals surface area contributed by atoms with Crippen LogP contribution in [-0.2, 0) is 27.2 Å². The number of nitrogens with two attached hydrogens (primary N) is 1. The van der Waals surface area contributed by atoms with Crippen molar-refractivity contribution in [2.45, 2.75) is 51.3 Å². The molecule has 0 saturated carbocycles. The Morgan fingerprint density at radius 1 is 0.679 bits per heavy atom. The summed E-state index contributed by atoms with van der Waals surface area (Å²) in [7, 11) is 0. The predicted octanol–water partition coefficient (Wildman–Crippen LogP) is 6.99. The number of carbonyl (C=O) groups is 3. The Kier molecular flexibility index (Phi) is 13.5. The smallest absolute Gasteiger partial charge is 0.408 e. The van der Waals surface area contributed by atoms with Crippen molar-refractivity contribution in [3.8, 4) is 21.1 Å². The Labute approximate surface area is 315 Å². The van der Waals surface area contributed by atoms with Gasteiger partial charge in [0.1, 0.15) is 33.3 Å². The highest BCUT2D eigenvalue weighted by Gasteiger charge is 2.25. The third kappa shape index (κ3) is 12.4. The molecular formula is C39H40N8O4S2. The van der Waals surface area contributed by atoms with Crippen LogP contribution in [0.2, 0.25) is 0 Å². The lowest BCUT2D eigenvalue weighted by Gasteiger charge is -2.23. The molecule has 0 fully saturated rings. The lowest BCUT2D eigenvalue weighted by atomic mass is 10.1. The monoisotopic (exact) mass is 748 g/mol. The maximum absolute atomic E-state index is 12.9. The van der Waals surface area contributed by atoms with Gasteiger partial charge in [-0.25, -0.2) is 14.8 Å². The second-order valence-electron chi connectivity index (χ2n) is 12.7. The normalized spacial score (nSPS) is 12.0. The number of rotatable bonds is 11. The molecule has 5 N–H and O–H groups in total. The lowest BCUT2D eigenvalue weighted by molar-refractivity contribution is -0.118. The molecule has 0 aliphatic carbocycles. The van der Waals surface area contributed by atoms with Crippen LogP contribution >= 0.6 is 22.7 Å². The average Bonchev–Trinajstić information content (AvgIpc) is 3.82. The lowest BCUT2D eigenvalue weighted by Crippen LogP contribution is -2.47. The predicted molar refractivity (Wildman–Crippen MR) is 209 cm³/mol. The van der Waals surface area contributed by atoms with E-state index in [-0.39, 0.29) is 11.8 Å². The molecule has 6 aromatic rings. The number of benzene rings is 2. The number of carbonyl (C=O) groups excluding carboxylic acids is 3. The molecule has 0 aliphatic heterocycles. The molecule has 0 aliphatic rings. The number of anilines is 2. The zero-order valence-electron chi connectivity index (χ0n) is 29.4. The van der Waals surface area contributed by atoms with E-state index < -0.39 is 23.8 Å². The van der Waals surface area contributed by atoms with Gasteiger partial charge in [-0.05, 0) is 62.6 Å². The summed E-state index contributed by atoms with van der Waals surface area (Å²) in [6.07, 6.45) is 6.98. The molecular weight excluding hydrogens is 709 g/mol. The second kappa shape index (κ2) is 18.6. The molecule has 0 radical (unpaired) electrons. The Bertz CT molecular complexity index is 2060. The minimum atomic E-state index is -0.812. The van der Waals surface area contributed by atoms with Crippen molar-refractivity contribution in [1.82, 2.24) is 25.3 Å². The molecule has 53 heavy (non-hydrogen) atoms. The molecule has 6 rings (SSSR count). The summed E-state index contributed by atoms with van der Waals surface area (Å²) < 4.78 is 5.32. The third-order valence-corrected chi connectivity index (χ3v) is 9.07. The molecule has 0 spiro atoms. The van der Waals surface area contributed by atoms with E-state index in [0.717, 1.165) is 32.3 Å². The minimum Gasteiger partial charge on any atom is -0.444 e. The van der Waals surface area contributed by atoms with Crippen LogP contribution in [0.4, 0.5) is 16.4 Å². The maximum Gasteiger partial charge on any atom is 0.408 e. The van der Waals surface area contributed by atoms with E-state index in [1.807, 2.05) is 90.3 Å². The minimum absolute atomic E-state index is 0.236. The molecule has 2 atom stereocenters. The van der Waals surface area contributed by atoms with Crippen molar-refractivity contribution < 1.29 is 19.1 Å². The first-order valence-electron chi connectivity index (χ1n) is 16.7. The van der Waals surface area contributed by atoms with E-state index in [9.17, 15) is 14.4 Å². The van der Waals surface area contributed by atoms with Gasteiger partial charge in [0.25, 0.3) is 0 Å². The van der Waals surface area contributed by atoms with Gasteiger partial charge in [-0.1, -0.05) is 60.7 Å². The molecule has 4 aromatic heterocycles. The van der Waals surface area contributed by atoms with Crippen molar-refractivity contribution in [3.63, 3.8) is 0 Å². The fourth-order valence-electron chi connectivity index (χ4n) is 4.82. The highest BCUT2D eigenvalue weighted by Crippen LogP contribution is 2.26. The number of alkyl carbamates (subject to hydrolysis) is 1. The van der Waals surface area contributed by atoms with Crippen LogP contribution in [-0.4, -0.2) is 55.5 Å². The largest absolute Gasteiger partial charge is 0.444 e. The van der Waals surface area contributed by atoms with Gasteiger partial charge in [0.15, 0.2) is 0 Å². The fourth-order valence-corrected chi connectivity index (χ4v) is 6.33. The van der Waals surface area contributed by atoms with Gasteiger partial charge >= 0.3 is 6.09 Å². The molecule has 0 saturated heterocycles. The van der Waals surface area contributed by atoms with Gasteiger partial charge in [0, 0.05) is 53.1 Å². The number of hydrogen-bond acceptors (Lipinski definition) is 11. The van der Waals surface area contributed by atoms with Gasteiger partial charge in [-0.3, -0.25) is 19.6 Å². The Hall–Kier alpha value is -5.83. The van der Waals surface area contributed by atoms with Crippen molar-refractivity contribution in [2.24, 2.45) is 5.73 Å². The van der Waals surface area contributed by atoms with Crippen molar-refractivity contribution in [1.29, 1.82) is 0 Å². The average molecular weight is 749 g/mol. The molecule has 3 amide bonds. The first-order chi connectivity index (χ1) is 25.5. The second-order valence-corrected chi connectivity index (χ2v) is 14.4. The molecule has 12 nitrogen and oxygen atoms in total. The van der Waals surface area contributed by atoms with Gasteiger partial charge in [-0.15, -0.1) is 22.7 Å². The van der Waals surface area contributed by atoms with Gasteiger partial charge < -0.3 is 26.4 Å². The molecule has 0 unspecified atom stereocenters. The number of amides is 3. The van der Waals surface area contributed by atoms with E-state index >= 15 is 0 Å². The summed E-state index contributed by atoms with van der Waals surface area (Å²) in [5.74, 6) is 0.355. The topological polar surface area (TPSA) is 174 Å². The third-order valence-electron chi connectivity index (χ3n) is 7.29. The first-order valence-corrected chi connectivity index (χ1v) is 18.4. The summed E-state index contributed by atoms with van der Waals surface area (Å²) in [5.41, 5.74) is 9.15. The van der Waals surface area contributed by atoms with Crippen molar-refractivity contribution in [2.75, 3.05) is 10.6 Å². The van der Waals surface area contributed by atoms with Gasteiger partial charge in [0.05, 0.1) is 6.04 Å². The Morgan fingerprint density at radius 3 is 1.60 bits per heavy atom. The fraction of sp³-hybridized carbons (Fsp3) is 0.205. The Balaban J connectivity index is 0.000000211. The van der Waals surface area contributed by atoms with E-state index in [1.165, 1.54) is 22.7 Å². The summed E-state index contributed by atoms with van der Waals surface area (Å²) in [6.45, 7) is 5.32. The quantitative estimate of drug-likeness (QED) is 0.109. The van der Waals surface area contributed by atoms with Crippen LogP contribution in [0.15, 0.2) is 120 Å². The molecule has 2 aromatic carbocycles. The summed E-state index contributed by atoms with van der Waals surface area (Å²) in [6, 6.07) is 25.2. The number of ether oxygens (including phenoxy) is 1. The zero-order chi connectivity index (χ0) is 37.6. The van der Waals surface area contributed by atoms with Crippen molar-refractivity contribution in [3.05, 3.63) is 132 Å². The van der Waals surface area contributed by atoms with Crippen LogP contribution in [0.5, 0.6) is 0 Å². The summed E-state index contributed by atoms with van der Waals surface area (Å²) in [4.78, 5) is 54.2. The first kappa shape index (κ1) is 38.4. The highest BCUT2D eigenvalue weighted by molar-refractivity contribution is 7.13. The van der Waals surface area contributed by atoms with E-state index in [1.54, 1.807) is 50.9 Å². The number of pyridine rings is 2. The van der Waals surface area contributed by atoms with Crippen LogP contribution in [0.1, 0.15) is 31.9 Å². The molecule has 4 heterocycles. The molecule has 272 valence electrons. The standard InChI is InChI=1S/C22H24N4O3S.C17H16N4OS/c1-22(2,3)29-21(28)24-17(13-15-7-5-4-6-8-15)19(27)25-18-14-30-20(26-18)16-9-11-23-12-10-16;18-14(10-12-4-2-1-3-5-12)16(22)20-15-11-23-17(21-15)13-6-8-19-9-7-13/h4-12,14,17H,13H2,1-3H3,(H,24,28)(H,25,27);1-9,11,14H,10,18H2,(H,20,22)/t17-;14-/m00/s1. The maximum atomic E-state index is 12.9. The summed E-state index contributed by atoms with van der Waals surface area (Å²) >= 11 is 2.88. The van der Waals surface area contributed by atoms with Gasteiger partial charge in [-0.2, -0.15) is 0 Å². The van der Waals surface area contributed by atoms with Crippen LogP contribution in [0.25, 0.3) is 21.1 Å². The number of aromatic nitrogens is 4. The van der Waals surface area contributed by atoms with Gasteiger partial charge in [0.2, 0.25) is 11.8 Å². The SMILES string of the molecule is CC(C)(C)OC(=O)N[C@@H](Cc1ccccc1)C(=O)Nc1csc(-c2ccncc2)n1.N[C@@H](Cc1ccccc1)C(=O)Nc1csc(-c2ccncc2)n1. The number of hydrogen-bond donors (Lipinski definition) is 4. The van der Waals surface area contributed by atoms with Crippen LogP contribution < -0.4 is 21.7 Å². The van der Waals surface area contributed by atoms with E-state index in [0.29, 0.717) is 24.5 Å². The molecule has 0 bridgehead atoms. The number of thiazole rings is 2.